The zero-order valence-electron chi connectivity index (χ0n) is 23.0. The van der Waals surface area contributed by atoms with Crippen molar-refractivity contribution < 1.29 is 9.59 Å². The third-order valence-electron chi connectivity index (χ3n) is 7.59. The van der Waals surface area contributed by atoms with Crippen LogP contribution < -0.4 is 10.6 Å². The van der Waals surface area contributed by atoms with E-state index in [2.05, 4.69) is 30.7 Å². The van der Waals surface area contributed by atoms with E-state index in [1.165, 1.54) is 0 Å². The maximum absolute atomic E-state index is 13.2. The number of amides is 2. The Hall–Kier alpha value is -5.70. The fourth-order valence-corrected chi connectivity index (χ4v) is 5.45. The van der Waals surface area contributed by atoms with E-state index in [-0.39, 0.29) is 18.4 Å². The third kappa shape index (κ3) is 4.46. The Kier molecular flexibility index (Phi) is 6.05. The molecule has 1 aliphatic rings. The molecule has 0 saturated carbocycles. The van der Waals surface area contributed by atoms with E-state index in [1.807, 2.05) is 110 Å². The molecule has 6 aromatic rings. The topological polar surface area (TPSA) is 120 Å². The van der Waals surface area contributed by atoms with E-state index < -0.39 is 0 Å². The van der Waals surface area contributed by atoms with Crippen molar-refractivity contribution in [1.29, 1.82) is 0 Å². The summed E-state index contributed by atoms with van der Waals surface area (Å²) in [6.07, 6.45) is 5.60. The lowest BCUT2D eigenvalue weighted by atomic mass is 10.00. The number of H-pyrrole nitrogens is 2. The smallest absolute Gasteiger partial charge is 0.256 e. The van der Waals surface area contributed by atoms with Gasteiger partial charge in [0.25, 0.3) is 11.8 Å². The van der Waals surface area contributed by atoms with Gasteiger partial charge in [-0.2, -0.15) is 5.10 Å². The van der Waals surface area contributed by atoms with Crippen molar-refractivity contribution in [2.75, 3.05) is 5.32 Å². The Balaban J connectivity index is 1.15. The van der Waals surface area contributed by atoms with Gasteiger partial charge in [-0.25, -0.2) is 9.67 Å². The second-order valence-corrected chi connectivity index (χ2v) is 10.3. The minimum Gasteiger partial charge on any atom is -0.358 e. The minimum atomic E-state index is -0.208. The van der Waals surface area contributed by atoms with Gasteiger partial charge in [0.2, 0.25) is 0 Å². The van der Waals surface area contributed by atoms with Gasteiger partial charge in [-0.3, -0.25) is 9.59 Å². The Bertz CT molecular complexity index is 2000. The highest BCUT2D eigenvalue weighted by atomic mass is 16.2. The molecule has 4 heterocycles. The van der Waals surface area contributed by atoms with Crippen LogP contribution in [-0.2, 0) is 11.3 Å². The van der Waals surface area contributed by atoms with Crippen LogP contribution in [0.15, 0.2) is 85.2 Å². The standard InChI is InChI=1S/C33H27N7O2/c1-19-29(36-20(2)31(19)33(42)34-17-30-37-27-10-6-7-11-28(27)38-30)15-25-24-14-21(12-13-26(24)39-32(25)41)22-16-35-40(18-22)23-8-4-3-5-9-23/h3-16,18,36H,17H2,1-2H3,(H,34,42)(H,37,38)(H,39,41)/b25-15-. The number of carbonyl (C=O) groups is 2. The highest BCUT2D eigenvalue weighted by Crippen LogP contribution is 2.37. The summed E-state index contributed by atoms with van der Waals surface area (Å²) >= 11 is 0. The van der Waals surface area contributed by atoms with Gasteiger partial charge in [-0.1, -0.05) is 36.4 Å². The van der Waals surface area contributed by atoms with Crippen LogP contribution in [0.3, 0.4) is 0 Å². The molecule has 9 nitrogen and oxygen atoms in total. The maximum Gasteiger partial charge on any atom is 0.256 e. The van der Waals surface area contributed by atoms with E-state index in [0.717, 1.165) is 50.4 Å². The molecule has 42 heavy (non-hydrogen) atoms. The normalized spacial score (nSPS) is 13.5. The first-order chi connectivity index (χ1) is 20.4. The largest absolute Gasteiger partial charge is 0.358 e. The second-order valence-electron chi connectivity index (χ2n) is 10.3. The fourth-order valence-electron chi connectivity index (χ4n) is 5.45. The van der Waals surface area contributed by atoms with Gasteiger partial charge < -0.3 is 20.6 Å². The Labute approximate surface area is 241 Å². The number of aryl methyl sites for hydroxylation is 1. The van der Waals surface area contributed by atoms with Crippen LogP contribution in [0.2, 0.25) is 0 Å². The molecule has 0 fully saturated rings. The highest BCUT2D eigenvalue weighted by Gasteiger charge is 2.26. The molecule has 9 heteroatoms. The van der Waals surface area contributed by atoms with Crippen molar-refractivity contribution in [3.63, 3.8) is 0 Å². The first-order valence-electron chi connectivity index (χ1n) is 13.6. The molecule has 3 aromatic heterocycles. The number of imidazole rings is 1. The van der Waals surface area contributed by atoms with Gasteiger partial charge >= 0.3 is 0 Å². The van der Waals surface area contributed by atoms with Gasteiger partial charge in [0.1, 0.15) is 5.82 Å². The lowest BCUT2D eigenvalue weighted by molar-refractivity contribution is -0.110. The lowest BCUT2D eigenvalue weighted by Crippen LogP contribution is -2.24. The number of hydrogen-bond donors (Lipinski definition) is 4. The first-order valence-corrected chi connectivity index (χ1v) is 13.6. The molecule has 0 atom stereocenters. The zero-order chi connectivity index (χ0) is 28.8. The summed E-state index contributed by atoms with van der Waals surface area (Å²) in [5, 5.41) is 10.4. The van der Waals surface area contributed by atoms with Crippen LogP contribution in [0.5, 0.6) is 0 Å². The number of carbonyl (C=O) groups excluding carboxylic acids is 2. The van der Waals surface area contributed by atoms with Crippen LogP contribution in [-0.4, -0.2) is 36.5 Å². The van der Waals surface area contributed by atoms with E-state index in [0.29, 0.717) is 22.7 Å². The molecule has 0 aliphatic carbocycles. The van der Waals surface area contributed by atoms with E-state index in [1.54, 1.807) is 0 Å². The molecule has 1 aliphatic heterocycles. The van der Waals surface area contributed by atoms with Gasteiger partial charge in [0.05, 0.1) is 40.6 Å². The van der Waals surface area contributed by atoms with Crippen LogP contribution in [0, 0.1) is 13.8 Å². The molecule has 3 aromatic carbocycles. The van der Waals surface area contributed by atoms with Crippen molar-refractivity contribution in [3.8, 4) is 16.8 Å². The van der Waals surface area contributed by atoms with Crippen molar-refractivity contribution in [2.45, 2.75) is 20.4 Å². The van der Waals surface area contributed by atoms with Crippen LogP contribution in [0.1, 0.15) is 38.7 Å². The SMILES string of the molecule is Cc1[nH]c(/C=C2\C(=O)Nc3ccc(-c4cnn(-c5ccccc5)c4)cc32)c(C)c1C(=O)NCc1nc2ccccc2[nH]1. The summed E-state index contributed by atoms with van der Waals surface area (Å²) < 4.78 is 1.83. The Morgan fingerprint density at radius 3 is 2.62 bits per heavy atom. The molecule has 2 amide bonds. The number of rotatable bonds is 6. The number of anilines is 1. The molecule has 0 unspecified atom stereocenters. The number of hydrogen-bond acceptors (Lipinski definition) is 4. The van der Waals surface area contributed by atoms with Crippen LogP contribution >= 0.6 is 0 Å². The van der Waals surface area contributed by atoms with Crippen LogP contribution in [0.4, 0.5) is 5.69 Å². The predicted octanol–water partition coefficient (Wildman–Crippen LogP) is 5.78. The quantitative estimate of drug-likeness (QED) is 0.195. The summed E-state index contributed by atoms with van der Waals surface area (Å²) in [5.74, 6) is 0.284. The lowest BCUT2D eigenvalue weighted by Gasteiger charge is -2.05. The average molecular weight is 554 g/mol. The predicted molar refractivity (Wildman–Crippen MR) is 163 cm³/mol. The number of aromatic nitrogens is 5. The molecule has 0 radical (unpaired) electrons. The first kappa shape index (κ1) is 25.3. The number of nitrogens with one attached hydrogen (secondary N) is 4. The summed E-state index contributed by atoms with van der Waals surface area (Å²) in [5.41, 5.74) is 9.46. The second kappa shape index (κ2) is 10.0. The van der Waals surface area contributed by atoms with Gasteiger partial charge in [0, 0.05) is 34.4 Å². The number of nitrogens with zero attached hydrogens (tertiary/aromatic N) is 3. The number of benzene rings is 3. The van der Waals surface area contributed by atoms with E-state index >= 15 is 0 Å². The van der Waals surface area contributed by atoms with Gasteiger partial charge in [-0.05, 0) is 67.4 Å². The third-order valence-corrected chi connectivity index (χ3v) is 7.59. The number of para-hydroxylation sites is 3. The fraction of sp³-hybridized carbons (Fsp3) is 0.0909. The van der Waals surface area contributed by atoms with Gasteiger partial charge in [-0.15, -0.1) is 0 Å². The summed E-state index contributed by atoms with van der Waals surface area (Å²) in [6, 6.07) is 23.5. The van der Waals surface area contributed by atoms with Crippen molar-refractivity contribution in [3.05, 3.63) is 119 Å². The maximum atomic E-state index is 13.2. The van der Waals surface area contributed by atoms with E-state index in [4.69, 9.17) is 0 Å². The molecular weight excluding hydrogens is 526 g/mol. The number of aromatic amines is 2. The molecular formula is C33H27N7O2. The molecule has 0 spiro atoms. The molecule has 4 N–H and O–H groups in total. The minimum absolute atomic E-state index is 0.190. The zero-order valence-corrected chi connectivity index (χ0v) is 23.0. The molecule has 206 valence electrons. The van der Waals surface area contributed by atoms with Gasteiger partial charge in [0.15, 0.2) is 0 Å². The Morgan fingerprint density at radius 2 is 1.79 bits per heavy atom. The number of fused-ring (bicyclic) bond motifs is 2. The summed E-state index contributed by atoms with van der Waals surface area (Å²) in [7, 11) is 0. The summed E-state index contributed by atoms with van der Waals surface area (Å²) in [4.78, 5) is 37.3. The van der Waals surface area contributed by atoms with E-state index in [9.17, 15) is 9.59 Å². The van der Waals surface area contributed by atoms with Crippen molar-refractivity contribution >= 4 is 40.2 Å². The van der Waals surface area contributed by atoms with Crippen LogP contribution in [0.25, 0.3) is 39.5 Å². The molecule has 0 bridgehead atoms. The summed E-state index contributed by atoms with van der Waals surface area (Å²) in [6.45, 7) is 4.01. The highest BCUT2D eigenvalue weighted by molar-refractivity contribution is 6.35. The van der Waals surface area contributed by atoms with Crippen molar-refractivity contribution in [2.24, 2.45) is 0 Å². The van der Waals surface area contributed by atoms with Crippen molar-refractivity contribution in [1.82, 2.24) is 30.0 Å². The Morgan fingerprint density at radius 1 is 0.976 bits per heavy atom. The molecule has 7 rings (SSSR count). The average Bonchev–Trinajstić information content (AvgIpc) is 3.77. The monoisotopic (exact) mass is 553 g/mol. The molecule has 0 saturated heterocycles.